The number of benzene rings is 1. The summed E-state index contributed by atoms with van der Waals surface area (Å²) >= 11 is 0. The van der Waals surface area contributed by atoms with E-state index in [4.69, 9.17) is 4.74 Å². The molecular weight excluding hydrogens is 395 g/mol. The molecule has 1 aromatic carbocycles. The number of halogens is 1. The number of carboxylic acid groups (broad SMARTS) is 1. The third kappa shape index (κ3) is 5.17. The highest BCUT2D eigenvalue weighted by molar-refractivity contribution is 5.83. The van der Waals surface area contributed by atoms with Crippen LogP contribution in [0.3, 0.4) is 0 Å². The predicted octanol–water partition coefficient (Wildman–Crippen LogP) is 5.39. The fraction of sp³-hybridized carbons (Fsp3) is 0.600. The van der Waals surface area contributed by atoms with Crippen molar-refractivity contribution in [3.05, 3.63) is 36.0 Å². The lowest BCUT2D eigenvalue weighted by Gasteiger charge is -2.44. The van der Waals surface area contributed by atoms with Crippen LogP contribution in [0.5, 0.6) is 5.75 Å². The molecular formula is C25H33FN2O3. The normalized spacial score (nSPS) is 23.4. The molecule has 0 radical (unpaired) electrons. The monoisotopic (exact) mass is 428 g/mol. The number of nitrogens with zero attached hydrogens (tertiary/aromatic N) is 2. The number of carboxylic acids is 1. The van der Waals surface area contributed by atoms with Crippen LogP contribution < -0.4 is 4.74 Å². The Hall–Kier alpha value is -2.21. The summed E-state index contributed by atoms with van der Waals surface area (Å²) in [6, 6.07) is 7.44. The van der Waals surface area contributed by atoms with Crippen molar-refractivity contribution < 1.29 is 19.0 Å². The van der Waals surface area contributed by atoms with Gasteiger partial charge in [0.1, 0.15) is 11.9 Å². The quantitative estimate of drug-likeness (QED) is 0.580. The number of alkyl halides is 1. The lowest BCUT2D eigenvalue weighted by atomic mass is 9.80. The Morgan fingerprint density at radius 1 is 1.29 bits per heavy atom. The molecule has 168 valence electrons. The lowest BCUT2D eigenvalue weighted by molar-refractivity contribution is -0.139. The van der Waals surface area contributed by atoms with E-state index in [0.717, 1.165) is 42.8 Å². The lowest BCUT2D eigenvalue weighted by Crippen LogP contribution is -2.48. The van der Waals surface area contributed by atoms with Crippen LogP contribution in [0.25, 0.3) is 10.9 Å². The zero-order valence-corrected chi connectivity index (χ0v) is 18.3. The highest BCUT2D eigenvalue weighted by atomic mass is 19.1. The van der Waals surface area contributed by atoms with Crippen molar-refractivity contribution in [3.8, 4) is 5.75 Å². The maximum absolute atomic E-state index is 15.5. The van der Waals surface area contributed by atoms with Crippen molar-refractivity contribution in [3.63, 3.8) is 0 Å². The van der Waals surface area contributed by atoms with E-state index in [9.17, 15) is 9.90 Å². The van der Waals surface area contributed by atoms with E-state index in [-0.39, 0.29) is 18.4 Å². The van der Waals surface area contributed by atoms with Crippen LogP contribution in [-0.4, -0.2) is 47.2 Å². The number of aliphatic carboxylic acids is 1. The SMILES string of the molecule is COc1ccc2nccc(C(F)CCC3C(CC(=O)O)CCCN3CC3CCC3)c2c1. The molecule has 2 fully saturated rings. The van der Waals surface area contributed by atoms with Gasteiger partial charge in [0.2, 0.25) is 0 Å². The zero-order chi connectivity index (χ0) is 21.8. The van der Waals surface area contributed by atoms with Gasteiger partial charge in [0.05, 0.1) is 12.6 Å². The van der Waals surface area contributed by atoms with Gasteiger partial charge < -0.3 is 9.84 Å². The Balaban J connectivity index is 1.50. The van der Waals surface area contributed by atoms with Crippen molar-refractivity contribution in [2.45, 2.75) is 63.6 Å². The first kappa shape index (κ1) is 22.0. The Morgan fingerprint density at radius 3 is 2.84 bits per heavy atom. The molecule has 3 atom stereocenters. The first-order chi connectivity index (χ1) is 15.0. The number of hydrogen-bond acceptors (Lipinski definition) is 4. The van der Waals surface area contributed by atoms with E-state index in [1.165, 1.54) is 19.3 Å². The smallest absolute Gasteiger partial charge is 0.303 e. The van der Waals surface area contributed by atoms with E-state index in [2.05, 4.69) is 9.88 Å². The van der Waals surface area contributed by atoms with Crippen LogP contribution >= 0.6 is 0 Å². The summed E-state index contributed by atoms with van der Waals surface area (Å²) in [5, 5.41) is 10.2. The Bertz CT molecular complexity index is 901. The molecule has 6 heteroatoms. The zero-order valence-electron chi connectivity index (χ0n) is 18.3. The number of hydrogen-bond donors (Lipinski definition) is 1. The molecule has 1 saturated heterocycles. The van der Waals surface area contributed by atoms with Crippen molar-refractivity contribution in [1.82, 2.24) is 9.88 Å². The second-order valence-electron chi connectivity index (χ2n) is 9.19. The maximum Gasteiger partial charge on any atom is 0.303 e. The summed E-state index contributed by atoms with van der Waals surface area (Å²) < 4.78 is 20.8. The minimum Gasteiger partial charge on any atom is -0.497 e. The Morgan fingerprint density at radius 2 is 2.13 bits per heavy atom. The topological polar surface area (TPSA) is 62.7 Å². The fourth-order valence-electron chi connectivity index (χ4n) is 5.35. The summed E-state index contributed by atoms with van der Waals surface area (Å²) in [6.07, 6.45) is 7.58. The fourth-order valence-corrected chi connectivity index (χ4v) is 5.35. The van der Waals surface area contributed by atoms with E-state index < -0.39 is 12.1 Å². The van der Waals surface area contributed by atoms with Gasteiger partial charge in [-0.15, -0.1) is 0 Å². The third-order valence-electron chi connectivity index (χ3n) is 7.22. The van der Waals surface area contributed by atoms with Gasteiger partial charge in [-0.2, -0.15) is 0 Å². The van der Waals surface area contributed by atoms with Gasteiger partial charge in [0.25, 0.3) is 0 Å². The number of rotatable bonds is 9. The Kier molecular flexibility index (Phi) is 7.06. The molecule has 2 aromatic rings. The number of pyridine rings is 1. The molecule has 0 spiro atoms. The van der Waals surface area contributed by atoms with E-state index >= 15 is 4.39 Å². The molecule has 2 aliphatic rings. The Labute approximate surface area is 183 Å². The van der Waals surface area contributed by atoms with Gasteiger partial charge >= 0.3 is 5.97 Å². The van der Waals surface area contributed by atoms with Crippen molar-refractivity contribution in [2.24, 2.45) is 11.8 Å². The highest BCUT2D eigenvalue weighted by Crippen LogP contribution is 2.37. The van der Waals surface area contributed by atoms with Gasteiger partial charge in [0.15, 0.2) is 0 Å². The minimum atomic E-state index is -1.12. The third-order valence-corrected chi connectivity index (χ3v) is 7.22. The number of aromatic nitrogens is 1. The molecule has 1 aliphatic heterocycles. The molecule has 4 rings (SSSR count). The number of fused-ring (bicyclic) bond motifs is 1. The van der Waals surface area contributed by atoms with Crippen LogP contribution in [0.15, 0.2) is 30.5 Å². The second kappa shape index (κ2) is 9.94. The van der Waals surface area contributed by atoms with Crippen LogP contribution in [0.2, 0.25) is 0 Å². The summed E-state index contributed by atoms with van der Waals surface area (Å²) in [6.45, 7) is 2.04. The van der Waals surface area contributed by atoms with Crippen LogP contribution in [-0.2, 0) is 4.79 Å². The first-order valence-corrected chi connectivity index (χ1v) is 11.6. The average molecular weight is 429 g/mol. The van der Waals surface area contributed by atoms with Crippen molar-refractivity contribution in [1.29, 1.82) is 0 Å². The molecule has 2 heterocycles. The number of piperidine rings is 1. The standard InChI is InChI=1S/C25H33FN2O3/c1-31-19-7-9-23-21(15-19)20(11-12-27-23)22(26)8-10-24-18(14-25(29)30)6-3-13-28(24)16-17-4-2-5-17/h7,9,11-12,15,17-18,22,24H,2-6,8,10,13-14,16H2,1H3,(H,29,30). The van der Waals surface area contributed by atoms with Crippen molar-refractivity contribution >= 4 is 16.9 Å². The molecule has 1 aliphatic carbocycles. The number of ether oxygens (including phenoxy) is 1. The van der Waals surface area contributed by atoms with Crippen LogP contribution in [0.1, 0.15) is 63.1 Å². The van der Waals surface area contributed by atoms with Crippen LogP contribution in [0.4, 0.5) is 4.39 Å². The molecule has 0 amide bonds. The molecule has 1 N–H and O–H groups in total. The largest absolute Gasteiger partial charge is 0.497 e. The average Bonchev–Trinajstić information content (AvgIpc) is 2.74. The first-order valence-electron chi connectivity index (χ1n) is 11.6. The van der Waals surface area contributed by atoms with E-state index in [1.807, 2.05) is 18.2 Å². The maximum atomic E-state index is 15.5. The second-order valence-corrected chi connectivity index (χ2v) is 9.19. The van der Waals surface area contributed by atoms with Gasteiger partial charge in [-0.1, -0.05) is 6.42 Å². The van der Waals surface area contributed by atoms with Crippen LogP contribution in [0, 0.1) is 11.8 Å². The molecule has 1 saturated carbocycles. The van der Waals surface area contributed by atoms with E-state index in [1.54, 1.807) is 19.4 Å². The molecule has 0 bridgehead atoms. The number of methoxy groups -OCH3 is 1. The highest BCUT2D eigenvalue weighted by Gasteiger charge is 2.35. The van der Waals surface area contributed by atoms with Gasteiger partial charge in [0, 0.05) is 30.6 Å². The minimum absolute atomic E-state index is 0.104. The van der Waals surface area contributed by atoms with Gasteiger partial charge in [-0.25, -0.2) is 4.39 Å². The number of likely N-dealkylation sites (tertiary alicyclic amines) is 1. The van der Waals surface area contributed by atoms with Crippen molar-refractivity contribution in [2.75, 3.05) is 20.2 Å². The molecule has 3 unspecified atom stereocenters. The number of carbonyl (C=O) groups is 1. The summed E-state index contributed by atoms with van der Waals surface area (Å²) in [4.78, 5) is 18.3. The molecule has 31 heavy (non-hydrogen) atoms. The van der Waals surface area contributed by atoms with E-state index in [0.29, 0.717) is 24.2 Å². The summed E-state index contributed by atoms with van der Waals surface area (Å²) in [5.74, 6) is 0.774. The molecule has 1 aromatic heterocycles. The van der Waals surface area contributed by atoms with Gasteiger partial charge in [-0.05, 0) is 86.7 Å². The summed E-state index contributed by atoms with van der Waals surface area (Å²) in [7, 11) is 1.60. The van der Waals surface area contributed by atoms with Gasteiger partial charge in [-0.3, -0.25) is 14.7 Å². The predicted molar refractivity (Wildman–Crippen MR) is 119 cm³/mol. The molecule has 5 nitrogen and oxygen atoms in total. The summed E-state index contributed by atoms with van der Waals surface area (Å²) in [5.41, 5.74) is 1.40.